The van der Waals surface area contributed by atoms with Crippen LogP contribution in [0.1, 0.15) is 0 Å². The normalized spacial score (nSPS) is 9.86. The monoisotopic (exact) mass is 244 g/mol. The summed E-state index contributed by atoms with van der Waals surface area (Å²) in [5, 5.41) is 3.28. The maximum absolute atomic E-state index is 5.44. The van der Waals surface area contributed by atoms with E-state index in [4.69, 9.17) is 18.0 Å². The minimum atomic E-state index is 0.304. The van der Waals surface area contributed by atoms with Crippen molar-refractivity contribution in [2.24, 2.45) is 5.73 Å². The van der Waals surface area contributed by atoms with Crippen molar-refractivity contribution in [3.63, 3.8) is 0 Å². The Bertz CT molecular complexity index is 339. The Kier molecular flexibility index (Phi) is 4.57. The highest BCUT2D eigenvalue weighted by atomic mass is 32.2. The molecule has 1 aromatic carbocycles. The molecular formula is C9H12N2S3. The van der Waals surface area contributed by atoms with Gasteiger partial charge in [0.05, 0.1) is 5.69 Å². The number of thioether (sulfide) groups is 2. The summed E-state index contributed by atoms with van der Waals surface area (Å²) < 4.78 is 0. The first kappa shape index (κ1) is 11.7. The Hall–Kier alpha value is -0.390. The third kappa shape index (κ3) is 2.80. The first-order valence-corrected chi connectivity index (χ1v) is 6.82. The van der Waals surface area contributed by atoms with Gasteiger partial charge < -0.3 is 11.1 Å². The number of anilines is 1. The van der Waals surface area contributed by atoms with Gasteiger partial charge in [-0.1, -0.05) is 6.07 Å². The van der Waals surface area contributed by atoms with Gasteiger partial charge in [-0.15, -0.1) is 23.5 Å². The van der Waals surface area contributed by atoms with Gasteiger partial charge in [0.2, 0.25) is 0 Å². The van der Waals surface area contributed by atoms with E-state index in [0.717, 1.165) is 5.69 Å². The molecule has 0 heterocycles. The second-order valence-corrected chi connectivity index (χ2v) is 4.63. The average molecular weight is 244 g/mol. The molecule has 1 rings (SSSR count). The molecule has 2 nitrogen and oxygen atoms in total. The molecule has 0 unspecified atom stereocenters. The van der Waals surface area contributed by atoms with E-state index in [9.17, 15) is 0 Å². The van der Waals surface area contributed by atoms with E-state index in [-0.39, 0.29) is 0 Å². The molecule has 0 atom stereocenters. The van der Waals surface area contributed by atoms with Gasteiger partial charge in [-0.05, 0) is 36.9 Å². The molecule has 14 heavy (non-hydrogen) atoms. The highest BCUT2D eigenvalue weighted by molar-refractivity contribution is 8.01. The van der Waals surface area contributed by atoms with Crippen LogP contribution in [-0.2, 0) is 0 Å². The molecule has 1 aromatic rings. The van der Waals surface area contributed by atoms with Crippen molar-refractivity contribution in [3.05, 3.63) is 18.2 Å². The molecule has 0 radical (unpaired) electrons. The first-order chi connectivity index (χ1) is 6.69. The lowest BCUT2D eigenvalue weighted by molar-refractivity contribution is 1.26. The fourth-order valence-corrected chi connectivity index (χ4v) is 2.85. The molecule has 0 aliphatic rings. The predicted octanol–water partition coefficient (Wildman–Crippen LogP) is 2.79. The maximum Gasteiger partial charge on any atom is 0.168 e. The molecule has 0 spiro atoms. The predicted molar refractivity (Wildman–Crippen MR) is 70.4 cm³/mol. The van der Waals surface area contributed by atoms with Crippen LogP contribution in [-0.4, -0.2) is 17.6 Å². The molecule has 0 saturated heterocycles. The van der Waals surface area contributed by atoms with Crippen LogP contribution >= 0.6 is 35.7 Å². The third-order valence-corrected chi connectivity index (χ3v) is 3.52. The Morgan fingerprint density at radius 3 is 2.57 bits per heavy atom. The molecule has 5 heteroatoms. The van der Waals surface area contributed by atoms with Gasteiger partial charge in [0.15, 0.2) is 5.11 Å². The minimum Gasteiger partial charge on any atom is -0.376 e. The minimum absolute atomic E-state index is 0.304. The second-order valence-electron chi connectivity index (χ2n) is 2.53. The first-order valence-electron chi connectivity index (χ1n) is 3.96. The summed E-state index contributed by atoms with van der Waals surface area (Å²) in [7, 11) is 0. The van der Waals surface area contributed by atoms with Crippen molar-refractivity contribution in [3.8, 4) is 0 Å². The van der Waals surface area contributed by atoms with Gasteiger partial charge in [0, 0.05) is 9.79 Å². The van der Waals surface area contributed by atoms with Crippen molar-refractivity contribution in [2.75, 3.05) is 17.8 Å². The van der Waals surface area contributed by atoms with E-state index >= 15 is 0 Å². The maximum atomic E-state index is 5.44. The number of thiocarbonyl (C=S) groups is 1. The van der Waals surface area contributed by atoms with Gasteiger partial charge in [0.1, 0.15) is 0 Å². The van der Waals surface area contributed by atoms with Crippen molar-refractivity contribution in [1.82, 2.24) is 0 Å². The Labute approximate surface area is 98.0 Å². The molecule has 0 aromatic heterocycles. The Morgan fingerprint density at radius 1 is 1.36 bits per heavy atom. The zero-order valence-electron chi connectivity index (χ0n) is 8.03. The van der Waals surface area contributed by atoms with Crippen LogP contribution in [0.2, 0.25) is 0 Å². The average Bonchev–Trinajstić information content (AvgIpc) is 2.16. The SMILES string of the molecule is CSc1cccc(NC(N)=S)c1SC. The van der Waals surface area contributed by atoms with Crippen LogP contribution in [0, 0.1) is 0 Å². The summed E-state index contributed by atoms with van der Waals surface area (Å²) >= 11 is 8.22. The second kappa shape index (κ2) is 5.48. The largest absolute Gasteiger partial charge is 0.376 e. The molecule has 0 aliphatic heterocycles. The lowest BCUT2D eigenvalue weighted by Crippen LogP contribution is -2.19. The molecule has 0 bridgehead atoms. The van der Waals surface area contributed by atoms with E-state index in [0.29, 0.717) is 5.11 Å². The number of benzene rings is 1. The summed E-state index contributed by atoms with van der Waals surface area (Å²) in [6.07, 6.45) is 4.10. The number of hydrogen-bond acceptors (Lipinski definition) is 3. The highest BCUT2D eigenvalue weighted by Crippen LogP contribution is 2.34. The van der Waals surface area contributed by atoms with E-state index in [2.05, 4.69) is 17.6 Å². The van der Waals surface area contributed by atoms with Crippen LogP contribution in [0.15, 0.2) is 28.0 Å². The van der Waals surface area contributed by atoms with Gasteiger partial charge in [-0.25, -0.2) is 0 Å². The fourth-order valence-electron chi connectivity index (χ4n) is 1.12. The number of nitrogens with one attached hydrogen (secondary N) is 1. The standard InChI is InChI=1S/C9H12N2S3/c1-13-7-5-3-4-6(8(7)14-2)11-9(10)12/h3-5H,1-2H3,(H3,10,11,12). The highest BCUT2D eigenvalue weighted by Gasteiger charge is 2.06. The van der Waals surface area contributed by atoms with E-state index < -0.39 is 0 Å². The van der Waals surface area contributed by atoms with Crippen LogP contribution in [0.3, 0.4) is 0 Å². The summed E-state index contributed by atoms with van der Waals surface area (Å²) in [6.45, 7) is 0. The van der Waals surface area contributed by atoms with E-state index in [1.165, 1.54) is 9.79 Å². The van der Waals surface area contributed by atoms with Gasteiger partial charge in [-0.2, -0.15) is 0 Å². The van der Waals surface area contributed by atoms with Crippen molar-refractivity contribution >= 4 is 46.5 Å². The summed E-state index contributed by atoms with van der Waals surface area (Å²) in [6, 6.07) is 6.05. The molecule has 76 valence electrons. The zero-order chi connectivity index (χ0) is 10.6. The van der Waals surface area contributed by atoms with Crippen LogP contribution in [0.25, 0.3) is 0 Å². The zero-order valence-corrected chi connectivity index (χ0v) is 10.5. The number of rotatable bonds is 3. The Morgan fingerprint density at radius 2 is 2.07 bits per heavy atom. The fraction of sp³-hybridized carbons (Fsp3) is 0.222. The molecule has 0 fully saturated rings. The number of hydrogen-bond donors (Lipinski definition) is 2. The molecule has 0 amide bonds. The van der Waals surface area contributed by atoms with Crippen LogP contribution < -0.4 is 11.1 Å². The molecule has 0 saturated carbocycles. The van der Waals surface area contributed by atoms with E-state index in [1.807, 2.05) is 18.4 Å². The molecular weight excluding hydrogens is 232 g/mol. The van der Waals surface area contributed by atoms with Crippen molar-refractivity contribution < 1.29 is 0 Å². The summed E-state index contributed by atoms with van der Waals surface area (Å²) in [5.41, 5.74) is 6.43. The number of nitrogens with two attached hydrogens (primary N) is 1. The molecule has 0 aliphatic carbocycles. The van der Waals surface area contributed by atoms with Gasteiger partial charge in [0.25, 0.3) is 0 Å². The lowest BCUT2D eigenvalue weighted by Gasteiger charge is -2.11. The van der Waals surface area contributed by atoms with Crippen molar-refractivity contribution in [2.45, 2.75) is 9.79 Å². The topological polar surface area (TPSA) is 38.0 Å². The van der Waals surface area contributed by atoms with Crippen LogP contribution in [0.5, 0.6) is 0 Å². The quantitative estimate of drug-likeness (QED) is 0.632. The molecule has 3 N–H and O–H groups in total. The van der Waals surface area contributed by atoms with E-state index in [1.54, 1.807) is 23.5 Å². The Balaban J connectivity index is 3.08. The van der Waals surface area contributed by atoms with Gasteiger partial charge >= 0.3 is 0 Å². The third-order valence-electron chi connectivity index (χ3n) is 1.66. The van der Waals surface area contributed by atoms with Gasteiger partial charge in [-0.3, -0.25) is 0 Å². The lowest BCUT2D eigenvalue weighted by atomic mass is 10.3. The summed E-state index contributed by atoms with van der Waals surface area (Å²) in [4.78, 5) is 2.42. The van der Waals surface area contributed by atoms with Crippen molar-refractivity contribution in [1.29, 1.82) is 0 Å². The van der Waals surface area contributed by atoms with Crippen LogP contribution in [0.4, 0.5) is 5.69 Å². The summed E-state index contributed by atoms with van der Waals surface area (Å²) in [5.74, 6) is 0. The smallest absolute Gasteiger partial charge is 0.168 e.